The average Bonchev–Trinajstić information content (AvgIpc) is 2.38. The first-order chi connectivity index (χ1) is 9.43. The molecule has 0 spiro atoms. The van der Waals surface area contributed by atoms with Crippen LogP contribution in [0.5, 0.6) is 5.75 Å². The van der Waals surface area contributed by atoms with E-state index >= 15 is 0 Å². The topological polar surface area (TPSA) is 75.8 Å². The molecule has 0 atom stereocenters. The summed E-state index contributed by atoms with van der Waals surface area (Å²) < 4.78 is 5.54. The van der Waals surface area contributed by atoms with Crippen molar-refractivity contribution in [2.45, 2.75) is 26.4 Å². The Balaban J connectivity index is 2.63. The van der Waals surface area contributed by atoms with E-state index in [1.165, 1.54) is 0 Å². The largest absolute Gasteiger partial charge is 0.489 e. The molecule has 20 heavy (non-hydrogen) atoms. The van der Waals surface area contributed by atoms with Gasteiger partial charge in [-0.05, 0) is 39.1 Å². The van der Waals surface area contributed by atoms with E-state index in [9.17, 15) is 4.79 Å². The molecule has 0 aliphatic carbocycles. The van der Waals surface area contributed by atoms with Gasteiger partial charge in [-0.2, -0.15) is 0 Å². The highest BCUT2D eigenvalue weighted by Crippen LogP contribution is 2.24. The van der Waals surface area contributed by atoms with Crippen LogP contribution in [-0.4, -0.2) is 48.6 Å². The smallest absolute Gasteiger partial charge is 0.164 e. The monoisotopic (exact) mass is 280 g/mol. The predicted octanol–water partition coefficient (Wildman–Crippen LogP) is 1.55. The van der Waals surface area contributed by atoms with Gasteiger partial charge in [0.2, 0.25) is 0 Å². The Morgan fingerprint density at radius 2 is 2.10 bits per heavy atom. The second-order valence-corrected chi connectivity index (χ2v) is 5.12. The van der Waals surface area contributed by atoms with Crippen molar-refractivity contribution in [1.82, 2.24) is 4.90 Å². The Kier molecular flexibility index (Phi) is 6.48. The number of ether oxygens (including phenoxy) is 1. The molecule has 0 saturated carbocycles. The molecule has 0 aliphatic rings. The minimum atomic E-state index is 0.0394. The van der Waals surface area contributed by atoms with E-state index < -0.39 is 0 Å². The lowest BCUT2D eigenvalue weighted by Gasteiger charge is -2.15. The number of nitrogens with zero attached hydrogens (tertiary/aromatic N) is 1. The molecule has 3 N–H and O–H groups in total. The van der Waals surface area contributed by atoms with Gasteiger partial charge in [-0.25, -0.2) is 0 Å². The molecule has 0 unspecified atom stereocenters. The first kappa shape index (κ1) is 16.5. The SMILES string of the molecule is CC(C)Oc1ccc(C(=O)CCN(C)CCO)cc1N. The summed E-state index contributed by atoms with van der Waals surface area (Å²) in [5, 5.41) is 8.80. The molecule has 1 aromatic carbocycles. The normalized spacial score (nSPS) is 11.1. The number of carbonyl (C=O) groups excluding carboxylic acids is 1. The summed E-state index contributed by atoms with van der Waals surface area (Å²) in [5.41, 5.74) is 6.96. The molecule has 112 valence electrons. The summed E-state index contributed by atoms with van der Waals surface area (Å²) >= 11 is 0. The van der Waals surface area contributed by atoms with Crippen LogP contribution in [-0.2, 0) is 0 Å². The van der Waals surface area contributed by atoms with Crippen molar-refractivity contribution in [2.24, 2.45) is 0 Å². The Labute approximate surface area is 120 Å². The lowest BCUT2D eigenvalue weighted by molar-refractivity contribution is 0.0964. The van der Waals surface area contributed by atoms with Gasteiger partial charge in [0.25, 0.3) is 0 Å². The van der Waals surface area contributed by atoms with Crippen molar-refractivity contribution < 1.29 is 14.6 Å². The maximum atomic E-state index is 12.1. The Hall–Kier alpha value is -1.59. The summed E-state index contributed by atoms with van der Waals surface area (Å²) in [6.07, 6.45) is 0.450. The van der Waals surface area contributed by atoms with Crippen molar-refractivity contribution in [1.29, 1.82) is 0 Å². The molecular formula is C15H24N2O3. The van der Waals surface area contributed by atoms with Crippen LogP contribution in [0, 0.1) is 0 Å². The molecule has 0 aliphatic heterocycles. The second-order valence-electron chi connectivity index (χ2n) is 5.12. The molecule has 0 radical (unpaired) electrons. The number of aliphatic hydroxyl groups is 1. The van der Waals surface area contributed by atoms with Crippen molar-refractivity contribution in [2.75, 3.05) is 32.5 Å². The minimum absolute atomic E-state index is 0.0394. The number of ketones is 1. The summed E-state index contributed by atoms with van der Waals surface area (Å²) in [6.45, 7) is 5.13. The highest BCUT2D eigenvalue weighted by molar-refractivity contribution is 5.97. The molecule has 5 nitrogen and oxygen atoms in total. The van der Waals surface area contributed by atoms with E-state index in [0.29, 0.717) is 36.5 Å². The number of hydrogen-bond acceptors (Lipinski definition) is 5. The molecule has 1 aromatic rings. The van der Waals surface area contributed by atoms with Crippen LogP contribution in [0.25, 0.3) is 0 Å². The van der Waals surface area contributed by atoms with E-state index in [4.69, 9.17) is 15.6 Å². The Bertz CT molecular complexity index is 447. The van der Waals surface area contributed by atoms with E-state index in [-0.39, 0.29) is 18.5 Å². The van der Waals surface area contributed by atoms with Gasteiger partial charge < -0.3 is 20.5 Å². The van der Waals surface area contributed by atoms with Crippen LogP contribution >= 0.6 is 0 Å². The number of Topliss-reactive ketones (excluding diaryl/α,β-unsaturated/α-hetero) is 1. The third-order valence-corrected chi connectivity index (χ3v) is 2.90. The van der Waals surface area contributed by atoms with Gasteiger partial charge in [-0.3, -0.25) is 4.79 Å². The van der Waals surface area contributed by atoms with Crippen molar-refractivity contribution >= 4 is 11.5 Å². The predicted molar refractivity (Wildman–Crippen MR) is 80.1 cm³/mol. The van der Waals surface area contributed by atoms with Gasteiger partial charge in [0, 0.05) is 25.1 Å². The molecule has 0 aromatic heterocycles. The molecular weight excluding hydrogens is 256 g/mol. The summed E-state index contributed by atoms with van der Waals surface area (Å²) in [4.78, 5) is 14.0. The van der Waals surface area contributed by atoms with E-state index in [0.717, 1.165) is 0 Å². The fraction of sp³-hybridized carbons (Fsp3) is 0.533. The highest BCUT2D eigenvalue weighted by atomic mass is 16.5. The van der Waals surface area contributed by atoms with Crippen LogP contribution in [0.2, 0.25) is 0 Å². The summed E-state index contributed by atoms with van der Waals surface area (Å²) in [7, 11) is 1.87. The van der Waals surface area contributed by atoms with Gasteiger partial charge >= 0.3 is 0 Å². The van der Waals surface area contributed by atoms with Gasteiger partial charge in [0.1, 0.15) is 5.75 Å². The number of nitrogen functional groups attached to an aromatic ring is 1. The molecule has 0 fully saturated rings. The zero-order valence-electron chi connectivity index (χ0n) is 12.4. The fourth-order valence-electron chi connectivity index (χ4n) is 1.80. The van der Waals surface area contributed by atoms with E-state index in [2.05, 4.69) is 0 Å². The third-order valence-electron chi connectivity index (χ3n) is 2.90. The van der Waals surface area contributed by atoms with E-state index in [1.54, 1.807) is 18.2 Å². The number of anilines is 1. The minimum Gasteiger partial charge on any atom is -0.489 e. The number of rotatable bonds is 8. The van der Waals surface area contributed by atoms with Gasteiger partial charge in [0.05, 0.1) is 18.4 Å². The Morgan fingerprint density at radius 3 is 2.65 bits per heavy atom. The van der Waals surface area contributed by atoms with Crippen molar-refractivity contribution in [3.05, 3.63) is 23.8 Å². The Morgan fingerprint density at radius 1 is 1.40 bits per heavy atom. The first-order valence-electron chi connectivity index (χ1n) is 6.82. The molecule has 0 amide bonds. The van der Waals surface area contributed by atoms with E-state index in [1.807, 2.05) is 25.8 Å². The molecule has 0 saturated heterocycles. The van der Waals surface area contributed by atoms with Gasteiger partial charge in [0.15, 0.2) is 5.78 Å². The fourth-order valence-corrected chi connectivity index (χ4v) is 1.80. The quantitative estimate of drug-likeness (QED) is 0.558. The lowest BCUT2D eigenvalue weighted by atomic mass is 10.1. The number of carbonyl (C=O) groups is 1. The van der Waals surface area contributed by atoms with Crippen LogP contribution in [0.3, 0.4) is 0 Å². The highest BCUT2D eigenvalue weighted by Gasteiger charge is 2.10. The molecule has 5 heteroatoms. The first-order valence-corrected chi connectivity index (χ1v) is 6.82. The van der Waals surface area contributed by atoms with Crippen LogP contribution in [0.15, 0.2) is 18.2 Å². The zero-order chi connectivity index (χ0) is 15.1. The summed E-state index contributed by atoms with van der Waals surface area (Å²) in [6, 6.07) is 5.13. The molecule has 0 heterocycles. The van der Waals surface area contributed by atoms with Crippen LogP contribution in [0.4, 0.5) is 5.69 Å². The average molecular weight is 280 g/mol. The number of benzene rings is 1. The van der Waals surface area contributed by atoms with Gasteiger partial charge in [-0.15, -0.1) is 0 Å². The molecule has 1 rings (SSSR count). The molecule has 0 bridgehead atoms. The number of hydrogen-bond donors (Lipinski definition) is 2. The number of nitrogens with two attached hydrogens (primary N) is 1. The lowest BCUT2D eigenvalue weighted by Crippen LogP contribution is -2.25. The number of likely N-dealkylation sites (N-methyl/N-ethyl adjacent to an activating group) is 1. The maximum Gasteiger partial charge on any atom is 0.164 e. The standard InChI is InChI=1S/C15H24N2O3/c1-11(2)20-15-5-4-12(10-13(15)16)14(19)6-7-17(3)8-9-18/h4-5,10-11,18H,6-9,16H2,1-3H3. The maximum absolute atomic E-state index is 12.1. The van der Waals surface area contributed by atoms with Gasteiger partial charge in [-0.1, -0.05) is 0 Å². The van der Waals surface area contributed by atoms with Crippen molar-refractivity contribution in [3.63, 3.8) is 0 Å². The van der Waals surface area contributed by atoms with Crippen LogP contribution in [0.1, 0.15) is 30.6 Å². The second kappa shape index (κ2) is 7.87. The number of aliphatic hydroxyl groups excluding tert-OH is 1. The summed E-state index contributed by atoms with van der Waals surface area (Å²) in [5.74, 6) is 0.645. The zero-order valence-corrected chi connectivity index (χ0v) is 12.4. The third kappa shape index (κ3) is 5.19. The van der Waals surface area contributed by atoms with Crippen LogP contribution < -0.4 is 10.5 Å². The van der Waals surface area contributed by atoms with Crippen molar-refractivity contribution in [3.8, 4) is 5.75 Å².